The molecule has 0 N–H and O–H groups in total. The number of rotatable bonds is 2. The number of hydrogen-bond donors (Lipinski definition) is 0. The third-order valence-corrected chi connectivity index (χ3v) is 3.25. The van der Waals surface area contributed by atoms with Gasteiger partial charge in [0.1, 0.15) is 0 Å². The minimum absolute atomic E-state index is 0.103. The van der Waals surface area contributed by atoms with Crippen molar-refractivity contribution in [2.75, 3.05) is 0 Å². The first-order valence-electron chi connectivity index (χ1n) is 6.00. The molecular weight excluding hydrogens is 301 g/mol. The Labute approximate surface area is 123 Å². The maximum atomic E-state index is 13.2. The number of nitrogens with zero attached hydrogens (tertiary/aromatic N) is 2. The fourth-order valence-corrected chi connectivity index (χ4v) is 2.06. The van der Waals surface area contributed by atoms with Crippen LogP contribution in [0.2, 0.25) is 5.02 Å². The molecule has 0 atom stereocenters. The first-order chi connectivity index (χ1) is 10.0. The van der Waals surface area contributed by atoms with Crippen LogP contribution in [0.5, 0.6) is 0 Å². The standard InChI is InChI=1S/C15H8ClF3N2/c16-11-3-1-9(2-4-11)10-7-20-21(8-10)12-5-13(17)15(19)14(18)6-12/h1-8H. The van der Waals surface area contributed by atoms with Crippen molar-refractivity contribution in [1.82, 2.24) is 9.78 Å². The van der Waals surface area contributed by atoms with Gasteiger partial charge in [0.2, 0.25) is 0 Å². The van der Waals surface area contributed by atoms with Gasteiger partial charge in [-0.3, -0.25) is 0 Å². The molecule has 0 unspecified atom stereocenters. The zero-order chi connectivity index (χ0) is 15.0. The Hall–Kier alpha value is -2.27. The Kier molecular flexibility index (Phi) is 3.43. The number of benzene rings is 2. The van der Waals surface area contributed by atoms with E-state index in [4.69, 9.17) is 11.6 Å². The Morgan fingerprint density at radius 1 is 0.905 bits per heavy atom. The predicted molar refractivity (Wildman–Crippen MR) is 73.9 cm³/mol. The van der Waals surface area contributed by atoms with Crippen LogP contribution in [0.1, 0.15) is 0 Å². The van der Waals surface area contributed by atoms with Crippen molar-refractivity contribution >= 4 is 11.6 Å². The van der Waals surface area contributed by atoms with Crippen LogP contribution in [-0.2, 0) is 0 Å². The van der Waals surface area contributed by atoms with Gasteiger partial charge in [0.25, 0.3) is 0 Å². The van der Waals surface area contributed by atoms with Gasteiger partial charge in [-0.05, 0) is 17.7 Å². The molecule has 2 nitrogen and oxygen atoms in total. The van der Waals surface area contributed by atoms with Gasteiger partial charge < -0.3 is 0 Å². The largest absolute Gasteiger partial charge is 0.240 e. The van der Waals surface area contributed by atoms with E-state index in [0.717, 1.165) is 23.3 Å². The monoisotopic (exact) mass is 308 g/mol. The van der Waals surface area contributed by atoms with Gasteiger partial charge in [0.15, 0.2) is 17.5 Å². The van der Waals surface area contributed by atoms with Crippen LogP contribution in [0.4, 0.5) is 13.2 Å². The molecule has 21 heavy (non-hydrogen) atoms. The highest BCUT2D eigenvalue weighted by molar-refractivity contribution is 6.30. The van der Waals surface area contributed by atoms with Crippen molar-refractivity contribution in [2.45, 2.75) is 0 Å². The molecule has 6 heteroatoms. The van der Waals surface area contributed by atoms with Crippen LogP contribution in [0, 0.1) is 17.5 Å². The van der Waals surface area contributed by atoms with E-state index < -0.39 is 17.5 Å². The second kappa shape index (κ2) is 5.26. The average molecular weight is 309 g/mol. The lowest BCUT2D eigenvalue weighted by atomic mass is 10.1. The first-order valence-corrected chi connectivity index (χ1v) is 6.38. The van der Waals surface area contributed by atoms with E-state index in [9.17, 15) is 13.2 Å². The second-order valence-corrected chi connectivity index (χ2v) is 4.84. The number of halogens is 4. The summed E-state index contributed by atoms with van der Waals surface area (Å²) in [7, 11) is 0. The van der Waals surface area contributed by atoms with Crippen molar-refractivity contribution in [2.24, 2.45) is 0 Å². The lowest BCUT2D eigenvalue weighted by Crippen LogP contribution is -1.99. The normalized spacial score (nSPS) is 10.9. The van der Waals surface area contributed by atoms with Gasteiger partial charge in [0, 0.05) is 28.9 Å². The van der Waals surface area contributed by atoms with Crippen LogP contribution in [0.25, 0.3) is 16.8 Å². The molecule has 0 amide bonds. The van der Waals surface area contributed by atoms with Crippen molar-refractivity contribution < 1.29 is 13.2 Å². The third-order valence-electron chi connectivity index (χ3n) is 2.99. The van der Waals surface area contributed by atoms with Crippen LogP contribution < -0.4 is 0 Å². The maximum Gasteiger partial charge on any atom is 0.194 e. The minimum Gasteiger partial charge on any atom is -0.240 e. The molecule has 0 aliphatic heterocycles. The van der Waals surface area contributed by atoms with Crippen LogP contribution in [-0.4, -0.2) is 9.78 Å². The first kappa shape index (κ1) is 13.7. The molecule has 1 heterocycles. The topological polar surface area (TPSA) is 17.8 Å². The van der Waals surface area contributed by atoms with E-state index in [2.05, 4.69) is 5.10 Å². The molecule has 0 saturated carbocycles. The third kappa shape index (κ3) is 2.64. The Balaban J connectivity index is 2.00. The molecule has 2 aromatic carbocycles. The molecule has 3 rings (SSSR count). The van der Waals surface area contributed by atoms with E-state index in [-0.39, 0.29) is 5.69 Å². The molecule has 0 radical (unpaired) electrons. The van der Waals surface area contributed by atoms with E-state index in [1.807, 2.05) is 0 Å². The lowest BCUT2D eigenvalue weighted by molar-refractivity contribution is 0.446. The highest BCUT2D eigenvalue weighted by Crippen LogP contribution is 2.23. The molecule has 3 aromatic rings. The summed E-state index contributed by atoms with van der Waals surface area (Å²) in [5, 5.41) is 4.63. The van der Waals surface area contributed by atoms with Crippen molar-refractivity contribution in [3.8, 4) is 16.8 Å². The predicted octanol–water partition coefficient (Wildman–Crippen LogP) is 4.61. The Morgan fingerprint density at radius 3 is 2.14 bits per heavy atom. The highest BCUT2D eigenvalue weighted by atomic mass is 35.5. The Bertz CT molecular complexity index is 774. The van der Waals surface area contributed by atoms with Crippen LogP contribution in [0.3, 0.4) is 0 Å². The number of hydrogen-bond acceptors (Lipinski definition) is 1. The van der Waals surface area contributed by atoms with Crippen LogP contribution >= 0.6 is 11.6 Å². The minimum atomic E-state index is -1.50. The lowest BCUT2D eigenvalue weighted by Gasteiger charge is -2.03. The van der Waals surface area contributed by atoms with E-state index in [0.29, 0.717) is 5.02 Å². The maximum absolute atomic E-state index is 13.2. The quantitative estimate of drug-likeness (QED) is 0.632. The SMILES string of the molecule is Fc1cc(-n2cc(-c3ccc(Cl)cc3)cn2)cc(F)c1F. The van der Waals surface area contributed by atoms with Crippen LogP contribution in [0.15, 0.2) is 48.8 Å². The summed E-state index contributed by atoms with van der Waals surface area (Å²) in [6.07, 6.45) is 3.14. The van der Waals surface area contributed by atoms with Gasteiger partial charge in [0.05, 0.1) is 11.9 Å². The summed E-state index contributed by atoms with van der Waals surface area (Å²) >= 11 is 5.81. The zero-order valence-corrected chi connectivity index (χ0v) is 11.3. The average Bonchev–Trinajstić information content (AvgIpc) is 2.95. The second-order valence-electron chi connectivity index (χ2n) is 4.40. The fourth-order valence-electron chi connectivity index (χ4n) is 1.93. The smallest absolute Gasteiger partial charge is 0.194 e. The number of aromatic nitrogens is 2. The molecule has 0 spiro atoms. The van der Waals surface area contributed by atoms with Crippen molar-refractivity contribution in [1.29, 1.82) is 0 Å². The molecular formula is C15H8ClF3N2. The van der Waals surface area contributed by atoms with E-state index in [1.165, 1.54) is 4.68 Å². The summed E-state index contributed by atoms with van der Waals surface area (Å²) in [4.78, 5) is 0. The summed E-state index contributed by atoms with van der Waals surface area (Å²) < 4.78 is 40.7. The molecule has 106 valence electrons. The van der Waals surface area contributed by atoms with Gasteiger partial charge in [-0.25, -0.2) is 17.9 Å². The summed E-state index contributed by atoms with van der Waals surface area (Å²) in [5.74, 6) is -4.01. The van der Waals surface area contributed by atoms with Gasteiger partial charge >= 0.3 is 0 Å². The molecule has 1 aromatic heterocycles. The highest BCUT2D eigenvalue weighted by Gasteiger charge is 2.12. The Morgan fingerprint density at radius 2 is 1.52 bits per heavy atom. The fraction of sp³-hybridized carbons (Fsp3) is 0. The molecule has 0 bridgehead atoms. The summed E-state index contributed by atoms with van der Waals surface area (Å²) in [6.45, 7) is 0. The van der Waals surface area contributed by atoms with Crippen molar-refractivity contribution in [3.05, 3.63) is 71.3 Å². The van der Waals surface area contributed by atoms with E-state index >= 15 is 0 Å². The van der Waals surface area contributed by atoms with Gasteiger partial charge in [-0.2, -0.15) is 5.10 Å². The van der Waals surface area contributed by atoms with Gasteiger partial charge in [-0.15, -0.1) is 0 Å². The molecule has 0 aliphatic rings. The van der Waals surface area contributed by atoms with Crippen molar-refractivity contribution in [3.63, 3.8) is 0 Å². The molecule has 0 saturated heterocycles. The van der Waals surface area contributed by atoms with E-state index in [1.54, 1.807) is 36.7 Å². The molecule has 0 aliphatic carbocycles. The molecule has 0 fully saturated rings. The van der Waals surface area contributed by atoms with Gasteiger partial charge in [-0.1, -0.05) is 23.7 Å². The summed E-state index contributed by atoms with van der Waals surface area (Å²) in [5.41, 5.74) is 1.71. The summed E-state index contributed by atoms with van der Waals surface area (Å²) in [6, 6.07) is 8.83. The zero-order valence-electron chi connectivity index (χ0n) is 10.5.